The highest BCUT2D eigenvalue weighted by Gasteiger charge is 2.46. The third-order valence-corrected chi connectivity index (χ3v) is 12.6. The van der Waals surface area contributed by atoms with Crippen molar-refractivity contribution in [1.82, 2.24) is 29.5 Å². The predicted octanol–water partition coefficient (Wildman–Crippen LogP) is 6.59. The maximum absolute atomic E-state index is 17.8. The fraction of sp³-hybridized carbons (Fsp3) is 0.500. The van der Waals surface area contributed by atoms with Gasteiger partial charge in [0.1, 0.15) is 28.4 Å². The van der Waals surface area contributed by atoms with Crippen molar-refractivity contribution >= 4 is 38.4 Å². The van der Waals surface area contributed by atoms with Gasteiger partial charge in [-0.3, -0.25) is 9.58 Å². The number of piperidine rings is 1. The molecule has 0 radical (unpaired) electrons. The molecule has 2 aromatic heterocycles. The summed E-state index contributed by atoms with van der Waals surface area (Å²) in [6.45, 7) is 9.48. The van der Waals surface area contributed by atoms with Crippen LogP contribution in [0.3, 0.4) is 0 Å². The Labute approximate surface area is 322 Å². The van der Waals surface area contributed by atoms with E-state index in [0.717, 1.165) is 52.2 Å². The summed E-state index contributed by atoms with van der Waals surface area (Å²) in [5.74, 6) is 0.911. The van der Waals surface area contributed by atoms with Gasteiger partial charge in [-0.05, 0) is 61.5 Å². The standard InChI is InChI=1S/C42H45F4N7O3/c1-5-28-32(43)10-7-24-13-27(54)14-29(33(24)28)34-36(44)38-35(30-18-50(4)49-37(30)34)40(53-25-8-9-26(53)17-52(16-25)15-23-19-55-20-23)48-41(47-38)56-22-42(3)21-51(6-2)12-11-31(42)39(45)46/h1,7,10,13-14,18,23,25-26,31,39,54H,6,8-9,11-12,15-17,19-22H2,2-4H3/t25-,26+,31-,42+/m0/s1. The SMILES string of the molecule is C#Cc1c(F)ccc2cc(O)cc(-c3c(F)c4nc(OC[C@@]5(C)CN(CC)CC[C@H]5C(F)F)nc(N5[C@@H]6CC[C@H]5CN(CC5COC5)C6)c4c4cn(C)nc34)c12. The van der Waals surface area contributed by atoms with Gasteiger partial charge in [0, 0.05) is 85.1 Å². The van der Waals surface area contributed by atoms with Crippen LogP contribution >= 0.6 is 0 Å². The van der Waals surface area contributed by atoms with E-state index in [0.29, 0.717) is 47.4 Å². The van der Waals surface area contributed by atoms with Gasteiger partial charge in [0.15, 0.2) is 5.82 Å². The van der Waals surface area contributed by atoms with E-state index >= 15 is 8.78 Å². The van der Waals surface area contributed by atoms with Crippen molar-refractivity contribution in [3.05, 3.63) is 47.7 Å². The Morgan fingerprint density at radius 3 is 2.50 bits per heavy atom. The number of aromatic nitrogens is 4. The average molecular weight is 772 g/mol. The molecular formula is C42H45F4N7O3. The van der Waals surface area contributed by atoms with Crippen LogP contribution in [0.5, 0.6) is 11.8 Å². The number of phenolic OH excluding ortho intramolecular Hbond substituents is 1. The number of likely N-dealkylation sites (tertiary alicyclic amines) is 2. The first-order valence-corrected chi connectivity index (χ1v) is 19.5. The lowest BCUT2D eigenvalue weighted by Gasteiger charge is -2.45. The molecule has 56 heavy (non-hydrogen) atoms. The minimum Gasteiger partial charge on any atom is -0.508 e. The van der Waals surface area contributed by atoms with Gasteiger partial charge in [0.2, 0.25) is 6.43 Å². The molecule has 14 heteroatoms. The Kier molecular flexibility index (Phi) is 9.25. The van der Waals surface area contributed by atoms with E-state index in [4.69, 9.17) is 31.0 Å². The van der Waals surface area contributed by atoms with Gasteiger partial charge in [-0.25, -0.2) is 17.6 Å². The smallest absolute Gasteiger partial charge is 0.319 e. The maximum atomic E-state index is 17.8. The number of anilines is 1. The van der Waals surface area contributed by atoms with Crippen molar-refractivity contribution in [2.45, 2.75) is 51.6 Å². The number of ether oxygens (including phenoxy) is 2. The topological polar surface area (TPSA) is 92.0 Å². The number of halogens is 4. The number of hydrogen-bond donors (Lipinski definition) is 1. The van der Waals surface area contributed by atoms with E-state index in [1.54, 1.807) is 17.9 Å². The van der Waals surface area contributed by atoms with Crippen LogP contribution in [0.15, 0.2) is 30.5 Å². The molecule has 10 nitrogen and oxygen atoms in total. The van der Waals surface area contributed by atoms with Crippen LogP contribution in [0.1, 0.15) is 38.7 Å². The number of fused-ring (bicyclic) bond motifs is 6. The summed E-state index contributed by atoms with van der Waals surface area (Å²) >= 11 is 0. The number of aromatic hydroxyl groups is 1. The zero-order valence-corrected chi connectivity index (χ0v) is 31.7. The lowest BCUT2D eigenvalue weighted by atomic mass is 9.73. The van der Waals surface area contributed by atoms with Crippen molar-refractivity contribution in [1.29, 1.82) is 0 Å². The quantitative estimate of drug-likeness (QED) is 0.132. The Bertz CT molecular complexity index is 2380. The number of hydrogen-bond acceptors (Lipinski definition) is 9. The second-order valence-corrected chi connectivity index (χ2v) is 16.4. The molecule has 9 rings (SSSR count). The first-order chi connectivity index (χ1) is 27.0. The summed E-state index contributed by atoms with van der Waals surface area (Å²) in [6, 6.07) is 5.55. The van der Waals surface area contributed by atoms with E-state index in [1.807, 2.05) is 13.8 Å². The molecule has 6 heterocycles. The van der Waals surface area contributed by atoms with Crippen LogP contribution in [-0.4, -0.2) is 112 Å². The number of benzene rings is 3. The third-order valence-electron chi connectivity index (χ3n) is 12.6. The number of aryl methyl sites for hydroxylation is 1. The number of piperazine rings is 1. The molecule has 0 aliphatic carbocycles. The third kappa shape index (κ3) is 6.10. The van der Waals surface area contributed by atoms with Crippen molar-refractivity contribution < 1.29 is 32.1 Å². The molecule has 0 spiro atoms. The molecule has 0 amide bonds. The van der Waals surface area contributed by atoms with Gasteiger partial charge in [-0.1, -0.05) is 25.8 Å². The number of terminal acetylenes is 1. The fourth-order valence-electron chi connectivity index (χ4n) is 9.87. The normalized spacial score (nSPS) is 24.8. The summed E-state index contributed by atoms with van der Waals surface area (Å²) in [7, 11) is 1.73. The van der Waals surface area contributed by atoms with E-state index in [9.17, 15) is 13.9 Å². The first kappa shape index (κ1) is 36.9. The van der Waals surface area contributed by atoms with Crippen LogP contribution in [-0.2, 0) is 11.8 Å². The van der Waals surface area contributed by atoms with Crippen molar-refractivity contribution in [3.8, 4) is 35.2 Å². The van der Waals surface area contributed by atoms with Gasteiger partial charge < -0.3 is 24.4 Å². The highest BCUT2D eigenvalue weighted by Crippen LogP contribution is 2.47. The van der Waals surface area contributed by atoms with Crippen LogP contribution in [0, 0.1) is 41.2 Å². The van der Waals surface area contributed by atoms with Gasteiger partial charge in [-0.15, -0.1) is 6.42 Å². The Morgan fingerprint density at radius 2 is 1.82 bits per heavy atom. The summed E-state index contributed by atoms with van der Waals surface area (Å²) in [5, 5.41) is 17.3. The minimum absolute atomic E-state index is 0.0159. The van der Waals surface area contributed by atoms with Crippen molar-refractivity contribution in [3.63, 3.8) is 0 Å². The molecule has 2 bridgehead atoms. The molecule has 4 aliphatic rings. The highest BCUT2D eigenvalue weighted by molar-refractivity contribution is 6.18. The summed E-state index contributed by atoms with van der Waals surface area (Å²) in [5.41, 5.74) is -0.659. The summed E-state index contributed by atoms with van der Waals surface area (Å²) in [6.07, 6.45) is 7.23. The van der Waals surface area contributed by atoms with Gasteiger partial charge in [0.05, 0.1) is 30.8 Å². The van der Waals surface area contributed by atoms with Gasteiger partial charge >= 0.3 is 6.01 Å². The van der Waals surface area contributed by atoms with Crippen LogP contribution in [0.2, 0.25) is 0 Å². The number of alkyl halides is 2. The zero-order chi connectivity index (χ0) is 39.0. The number of rotatable bonds is 9. The van der Waals surface area contributed by atoms with Crippen LogP contribution in [0.4, 0.5) is 23.4 Å². The highest BCUT2D eigenvalue weighted by atomic mass is 19.3. The molecule has 4 atom stereocenters. The Morgan fingerprint density at radius 1 is 1.05 bits per heavy atom. The molecule has 4 aliphatic heterocycles. The lowest BCUT2D eigenvalue weighted by molar-refractivity contribution is -0.0721. The number of nitrogens with zero attached hydrogens (tertiary/aromatic N) is 7. The van der Waals surface area contributed by atoms with Gasteiger partial charge in [-0.2, -0.15) is 15.1 Å². The zero-order valence-electron chi connectivity index (χ0n) is 31.7. The summed E-state index contributed by atoms with van der Waals surface area (Å²) < 4.78 is 75.5. The second-order valence-electron chi connectivity index (χ2n) is 16.4. The van der Waals surface area contributed by atoms with E-state index in [1.165, 1.54) is 24.3 Å². The molecule has 294 valence electrons. The van der Waals surface area contributed by atoms with Gasteiger partial charge in [0.25, 0.3) is 0 Å². The monoisotopic (exact) mass is 771 g/mol. The fourth-order valence-corrected chi connectivity index (χ4v) is 9.87. The molecule has 3 aromatic carbocycles. The average Bonchev–Trinajstić information content (AvgIpc) is 3.66. The molecule has 0 unspecified atom stereocenters. The van der Waals surface area contributed by atoms with Crippen molar-refractivity contribution in [2.24, 2.45) is 24.3 Å². The molecular weight excluding hydrogens is 726 g/mol. The van der Waals surface area contributed by atoms with E-state index in [-0.39, 0.29) is 63.6 Å². The molecule has 0 saturated carbocycles. The molecule has 1 N–H and O–H groups in total. The van der Waals surface area contributed by atoms with E-state index in [2.05, 4.69) is 20.6 Å². The molecule has 4 fully saturated rings. The first-order valence-electron chi connectivity index (χ1n) is 19.5. The lowest BCUT2D eigenvalue weighted by Crippen LogP contribution is -2.56. The Hall–Kier alpha value is -4.71. The second kappa shape index (κ2) is 14.0. The van der Waals surface area contributed by atoms with Crippen LogP contribution < -0.4 is 9.64 Å². The predicted molar refractivity (Wildman–Crippen MR) is 206 cm³/mol. The van der Waals surface area contributed by atoms with E-state index < -0.39 is 29.4 Å². The summed E-state index contributed by atoms with van der Waals surface area (Å²) in [4.78, 5) is 16.7. The Balaban J connectivity index is 1.25. The van der Waals surface area contributed by atoms with Crippen LogP contribution in [0.25, 0.3) is 43.7 Å². The molecule has 4 saturated heterocycles. The minimum atomic E-state index is -2.54. The maximum Gasteiger partial charge on any atom is 0.319 e. The molecule has 5 aromatic rings. The van der Waals surface area contributed by atoms with Crippen molar-refractivity contribution in [2.75, 3.05) is 64.0 Å². The largest absolute Gasteiger partial charge is 0.508 e. The number of phenols is 1.